The lowest BCUT2D eigenvalue weighted by Crippen LogP contribution is -2.41. The Labute approximate surface area is 136 Å². The molecule has 2 aliphatic rings. The molecule has 122 valence electrons. The Hall–Kier alpha value is -1.90. The van der Waals surface area contributed by atoms with E-state index in [2.05, 4.69) is 15.0 Å². The highest BCUT2D eigenvalue weighted by Crippen LogP contribution is 2.19. The minimum atomic E-state index is -0.289. The normalized spacial score (nSPS) is 18.8. The molecule has 0 unspecified atom stereocenters. The molecule has 0 aliphatic carbocycles. The van der Waals surface area contributed by atoms with Gasteiger partial charge in [-0.1, -0.05) is 11.6 Å². The molecule has 0 bridgehead atoms. The summed E-state index contributed by atoms with van der Waals surface area (Å²) in [6.07, 6.45) is 0. The molecule has 1 amide bonds. The van der Waals surface area contributed by atoms with Gasteiger partial charge in [-0.05, 0) is 0 Å². The topological polar surface area (TPSA) is 82.9 Å². The molecule has 8 nitrogen and oxygen atoms in total. The summed E-state index contributed by atoms with van der Waals surface area (Å²) >= 11 is 5.82. The predicted octanol–water partition coefficient (Wildman–Crippen LogP) is -0.0360. The number of halogens is 1. The lowest BCUT2D eigenvalue weighted by molar-refractivity contribution is 0.0327. The molecule has 0 saturated carbocycles. The lowest BCUT2D eigenvalue weighted by atomic mass is 10.3. The number of fused-ring (bicyclic) bond motifs is 2. The second-order valence-corrected chi connectivity index (χ2v) is 6.12. The first-order valence-corrected chi connectivity index (χ1v) is 7.91. The first-order chi connectivity index (χ1) is 11.1. The zero-order valence-electron chi connectivity index (χ0n) is 12.4. The number of ether oxygens (including phenoxy) is 1. The zero-order valence-corrected chi connectivity index (χ0v) is 13.2. The van der Waals surface area contributed by atoms with Crippen molar-refractivity contribution in [2.45, 2.75) is 6.54 Å². The van der Waals surface area contributed by atoms with Crippen molar-refractivity contribution in [1.82, 2.24) is 24.4 Å². The SMILES string of the molecule is O=C1c2[nH]c3cc(Cl)nn3c(=O)c2CN1CCN1CCOCC1. The molecule has 1 fully saturated rings. The van der Waals surface area contributed by atoms with Crippen LogP contribution in [0.1, 0.15) is 16.1 Å². The summed E-state index contributed by atoms with van der Waals surface area (Å²) in [5, 5.41) is 4.17. The van der Waals surface area contributed by atoms with Crippen molar-refractivity contribution in [3.8, 4) is 0 Å². The van der Waals surface area contributed by atoms with Crippen LogP contribution in [0.2, 0.25) is 5.15 Å². The van der Waals surface area contributed by atoms with Crippen LogP contribution >= 0.6 is 11.6 Å². The van der Waals surface area contributed by atoms with Crippen LogP contribution in [-0.4, -0.2) is 69.7 Å². The van der Waals surface area contributed by atoms with E-state index in [4.69, 9.17) is 16.3 Å². The number of nitrogens with one attached hydrogen (secondary N) is 1. The smallest absolute Gasteiger partial charge is 0.280 e. The van der Waals surface area contributed by atoms with Gasteiger partial charge >= 0.3 is 0 Å². The average molecular weight is 338 g/mol. The van der Waals surface area contributed by atoms with Gasteiger partial charge in [0, 0.05) is 32.2 Å². The van der Waals surface area contributed by atoms with Crippen LogP contribution in [0, 0.1) is 0 Å². The maximum absolute atomic E-state index is 12.5. The summed E-state index contributed by atoms with van der Waals surface area (Å²) < 4.78 is 6.52. The number of H-pyrrole nitrogens is 1. The van der Waals surface area contributed by atoms with Crippen LogP contribution in [0.5, 0.6) is 0 Å². The van der Waals surface area contributed by atoms with E-state index in [9.17, 15) is 9.59 Å². The van der Waals surface area contributed by atoms with Crippen LogP contribution < -0.4 is 5.56 Å². The molecule has 1 N–H and O–H groups in total. The average Bonchev–Trinajstić information content (AvgIpc) is 3.08. The zero-order chi connectivity index (χ0) is 16.0. The largest absolute Gasteiger partial charge is 0.379 e. The molecule has 2 aliphatic heterocycles. The Morgan fingerprint density at radius 1 is 1.26 bits per heavy atom. The highest BCUT2D eigenvalue weighted by molar-refractivity contribution is 6.29. The fourth-order valence-electron chi connectivity index (χ4n) is 3.05. The third-order valence-corrected chi connectivity index (χ3v) is 4.51. The molecule has 0 atom stereocenters. The van der Waals surface area contributed by atoms with E-state index in [-0.39, 0.29) is 16.6 Å². The van der Waals surface area contributed by atoms with Gasteiger partial charge in [0.05, 0.1) is 25.3 Å². The molecule has 0 aromatic carbocycles. The Balaban J connectivity index is 1.55. The van der Waals surface area contributed by atoms with Gasteiger partial charge in [0.1, 0.15) is 11.3 Å². The van der Waals surface area contributed by atoms with Crippen LogP contribution in [-0.2, 0) is 11.3 Å². The molecule has 2 aromatic rings. The molecule has 2 aromatic heterocycles. The van der Waals surface area contributed by atoms with Gasteiger partial charge in [-0.25, -0.2) is 0 Å². The highest BCUT2D eigenvalue weighted by Gasteiger charge is 2.32. The first kappa shape index (κ1) is 14.7. The Kier molecular flexibility index (Phi) is 3.59. The van der Waals surface area contributed by atoms with E-state index in [0.29, 0.717) is 30.0 Å². The number of aromatic amines is 1. The van der Waals surface area contributed by atoms with Gasteiger partial charge in [-0.2, -0.15) is 9.61 Å². The third kappa shape index (κ3) is 2.52. The van der Waals surface area contributed by atoms with Crippen LogP contribution in [0.3, 0.4) is 0 Å². The Bertz CT molecular complexity index is 824. The quantitative estimate of drug-likeness (QED) is 0.850. The molecule has 1 saturated heterocycles. The second kappa shape index (κ2) is 5.63. The van der Waals surface area contributed by atoms with E-state index in [1.54, 1.807) is 4.90 Å². The minimum Gasteiger partial charge on any atom is -0.379 e. The van der Waals surface area contributed by atoms with Crippen LogP contribution in [0.25, 0.3) is 5.65 Å². The standard InChI is InChI=1S/C14H16ClN5O3/c15-10-7-11-16-12-9(13(21)20(11)17-10)8-19(14(12)22)2-1-18-3-5-23-6-4-18/h7,16H,1-6,8H2. The molecular formula is C14H16ClN5O3. The van der Waals surface area contributed by atoms with Crippen LogP contribution in [0.4, 0.5) is 0 Å². The minimum absolute atomic E-state index is 0.148. The van der Waals surface area contributed by atoms with Gasteiger partial charge in [-0.15, -0.1) is 0 Å². The van der Waals surface area contributed by atoms with Gasteiger partial charge in [-0.3, -0.25) is 14.5 Å². The molecule has 4 rings (SSSR count). The van der Waals surface area contributed by atoms with Crippen molar-refractivity contribution in [2.24, 2.45) is 0 Å². The summed E-state index contributed by atoms with van der Waals surface area (Å²) in [7, 11) is 0. The van der Waals surface area contributed by atoms with E-state index in [0.717, 1.165) is 32.8 Å². The van der Waals surface area contributed by atoms with Gasteiger partial charge in [0.15, 0.2) is 5.15 Å². The first-order valence-electron chi connectivity index (χ1n) is 7.53. The fourth-order valence-corrected chi connectivity index (χ4v) is 3.23. The number of hydrogen-bond donors (Lipinski definition) is 1. The molecule has 0 spiro atoms. The number of nitrogens with zero attached hydrogens (tertiary/aromatic N) is 4. The van der Waals surface area contributed by atoms with Gasteiger partial charge in [0.2, 0.25) is 0 Å². The summed E-state index contributed by atoms with van der Waals surface area (Å²) in [6.45, 7) is 4.88. The van der Waals surface area contributed by atoms with Crippen molar-refractivity contribution < 1.29 is 9.53 Å². The Morgan fingerprint density at radius 3 is 2.83 bits per heavy atom. The van der Waals surface area contributed by atoms with Crippen molar-refractivity contribution in [2.75, 3.05) is 39.4 Å². The van der Waals surface area contributed by atoms with E-state index in [1.165, 1.54) is 10.6 Å². The molecule has 0 radical (unpaired) electrons. The van der Waals surface area contributed by atoms with Crippen molar-refractivity contribution in [3.63, 3.8) is 0 Å². The van der Waals surface area contributed by atoms with E-state index < -0.39 is 0 Å². The number of hydrogen-bond acceptors (Lipinski definition) is 5. The number of rotatable bonds is 3. The number of carbonyl (C=O) groups excluding carboxylic acids is 1. The summed E-state index contributed by atoms with van der Waals surface area (Å²) in [5.41, 5.74) is 0.940. The third-order valence-electron chi connectivity index (χ3n) is 4.32. The van der Waals surface area contributed by atoms with Crippen LogP contribution in [0.15, 0.2) is 10.9 Å². The van der Waals surface area contributed by atoms with Crippen molar-refractivity contribution in [3.05, 3.63) is 32.8 Å². The number of amides is 1. The molecule has 4 heterocycles. The maximum Gasteiger partial charge on any atom is 0.280 e. The van der Waals surface area contributed by atoms with Gasteiger partial charge < -0.3 is 14.6 Å². The predicted molar refractivity (Wildman–Crippen MR) is 82.8 cm³/mol. The number of morpholine rings is 1. The lowest BCUT2D eigenvalue weighted by Gasteiger charge is -2.28. The van der Waals surface area contributed by atoms with Crippen molar-refractivity contribution in [1.29, 1.82) is 0 Å². The maximum atomic E-state index is 12.5. The second-order valence-electron chi connectivity index (χ2n) is 5.73. The van der Waals surface area contributed by atoms with E-state index in [1.807, 2.05) is 0 Å². The van der Waals surface area contributed by atoms with Crippen molar-refractivity contribution >= 4 is 23.2 Å². The van der Waals surface area contributed by atoms with E-state index >= 15 is 0 Å². The summed E-state index contributed by atoms with van der Waals surface area (Å²) in [6, 6.07) is 1.53. The monoisotopic (exact) mass is 337 g/mol. The fraction of sp³-hybridized carbons (Fsp3) is 0.500. The Morgan fingerprint density at radius 2 is 2.04 bits per heavy atom. The molecular weight excluding hydrogens is 322 g/mol. The van der Waals surface area contributed by atoms with Gasteiger partial charge in [0.25, 0.3) is 11.5 Å². The molecule has 9 heteroatoms. The highest BCUT2D eigenvalue weighted by atomic mass is 35.5. The molecule has 23 heavy (non-hydrogen) atoms. The summed E-state index contributed by atoms with van der Waals surface area (Å²) in [5.74, 6) is -0.148. The number of carbonyl (C=O) groups is 1. The summed E-state index contributed by atoms with van der Waals surface area (Å²) in [4.78, 5) is 31.9. The number of aromatic nitrogens is 3.